The molecule has 0 radical (unpaired) electrons. The summed E-state index contributed by atoms with van der Waals surface area (Å²) in [6.45, 7) is 7.23. The third-order valence-electron chi connectivity index (χ3n) is 3.53. The number of hydrogen-bond donors (Lipinski definition) is 1. The molecule has 1 heterocycles. The van der Waals surface area contributed by atoms with E-state index in [0.29, 0.717) is 6.54 Å². The third-order valence-corrected chi connectivity index (χ3v) is 3.53. The Morgan fingerprint density at radius 2 is 1.70 bits per heavy atom. The molecule has 1 aliphatic rings. The Kier molecular flexibility index (Phi) is 4.61. The van der Waals surface area contributed by atoms with E-state index in [4.69, 9.17) is 0 Å². The van der Waals surface area contributed by atoms with E-state index in [1.54, 1.807) is 6.92 Å². The van der Waals surface area contributed by atoms with Gasteiger partial charge in [0.1, 0.15) is 0 Å². The highest BCUT2D eigenvalue weighted by Crippen LogP contribution is 2.17. The molecule has 1 aromatic carbocycles. The first kappa shape index (κ1) is 14.4. The van der Waals surface area contributed by atoms with Gasteiger partial charge in [-0.2, -0.15) is 0 Å². The second-order valence-electron chi connectivity index (χ2n) is 4.91. The molecule has 2 amide bonds. The van der Waals surface area contributed by atoms with Crippen molar-refractivity contribution in [1.82, 2.24) is 10.2 Å². The van der Waals surface area contributed by atoms with Crippen molar-refractivity contribution in [1.29, 1.82) is 0 Å². The van der Waals surface area contributed by atoms with Gasteiger partial charge < -0.3 is 15.1 Å². The fourth-order valence-electron chi connectivity index (χ4n) is 2.34. The third kappa shape index (κ3) is 3.29. The molecule has 1 aromatic rings. The first-order chi connectivity index (χ1) is 9.61. The number of Topliss-reactive ketones (excluding diaryl/α,β-unsaturated/α-hetero) is 1. The molecular weight excluding hydrogens is 254 g/mol. The van der Waals surface area contributed by atoms with Gasteiger partial charge in [0.15, 0.2) is 5.78 Å². The number of ketones is 1. The highest BCUT2D eigenvalue weighted by Gasteiger charge is 2.20. The maximum absolute atomic E-state index is 11.7. The standard InChI is InChI=1S/C15H21N3O2/c1-3-16-15(20)18-10-8-17(9-11-18)14-6-4-13(5-7-14)12(2)19/h4-7H,3,8-11H2,1-2H3,(H,16,20). The SMILES string of the molecule is CCNC(=O)N1CCN(c2ccc(C(C)=O)cc2)CC1. The summed E-state index contributed by atoms with van der Waals surface area (Å²) < 4.78 is 0. The van der Waals surface area contributed by atoms with E-state index in [9.17, 15) is 9.59 Å². The van der Waals surface area contributed by atoms with Gasteiger partial charge in [0.25, 0.3) is 0 Å². The van der Waals surface area contributed by atoms with Crippen LogP contribution in [0, 0.1) is 0 Å². The number of urea groups is 1. The molecule has 20 heavy (non-hydrogen) atoms. The number of carbonyl (C=O) groups is 2. The number of piperazine rings is 1. The van der Waals surface area contributed by atoms with E-state index in [2.05, 4.69) is 10.2 Å². The lowest BCUT2D eigenvalue weighted by Gasteiger charge is -2.36. The number of nitrogens with one attached hydrogen (secondary N) is 1. The summed E-state index contributed by atoms with van der Waals surface area (Å²) in [5.74, 6) is 0.0811. The van der Waals surface area contributed by atoms with Crippen LogP contribution < -0.4 is 10.2 Å². The summed E-state index contributed by atoms with van der Waals surface area (Å²) in [7, 11) is 0. The van der Waals surface area contributed by atoms with Crippen molar-refractivity contribution in [2.45, 2.75) is 13.8 Å². The molecule has 1 fully saturated rings. The summed E-state index contributed by atoms with van der Waals surface area (Å²) in [6, 6.07) is 7.66. The van der Waals surface area contributed by atoms with E-state index in [0.717, 1.165) is 37.4 Å². The van der Waals surface area contributed by atoms with Crippen molar-refractivity contribution in [3.63, 3.8) is 0 Å². The van der Waals surface area contributed by atoms with Crippen molar-refractivity contribution in [2.75, 3.05) is 37.6 Å². The summed E-state index contributed by atoms with van der Waals surface area (Å²) in [4.78, 5) is 27.0. The minimum Gasteiger partial charge on any atom is -0.368 e. The van der Waals surface area contributed by atoms with Gasteiger partial charge in [-0.3, -0.25) is 4.79 Å². The Morgan fingerprint density at radius 1 is 1.10 bits per heavy atom. The second-order valence-corrected chi connectivity index (χ2v) is 4.91. The number of amides is 2. The minimum atomic E-state index is 0.0130. The number of carbonyl (C=O) groups excluding carboxylic acids is 2. The molecular formula is C15H21N3O2. The number of benzene rings is 1. The minimum absolute atomic E-state index is 0.0130. The molecule has 5 nitrogen and oxygen atoms in total. The number of rotatable bonds is 3. The Morgan fingerprint density at radius 3 is 2.20 bits per heavy atom. The first-order valence-corrected chi connectivity index (χ1v) is 7.00. The molecule has 0 atom stereocenters. The molecule has 0 spiro atoms. The fraction of sp³-hybridized carbons (Fsp3) is 0.467. The molecule has 0 saturated carbocycles. The maximum Gasteiger partial charge on any atom is 0.317 e. The van der Waals surface area contributed by atoms with E-state index in [1.165, 1.54) is 0 Å². The predicted molar refractivity (Wildman–Crippen MR) is 79.3 cm³/mol. The monoisotopic (exact) mass is 275 g/mol. The van der Waals surface area contributed by atoms with Gasteiger partial charge in [-0.25, -0.2) is 4.79 Å². The molecule has 2 rings (SSSR count). The summed E-state index contributed by atoms with van der Waals surface area (Å²) in [5, 5.41) is 2.82. The van der Waals surface area contributed by atoms with Crippen LogP contribution in [0.2, 0.25) is 0 Å². The van der Waals surface area contributed by atoms with Gasteiger partial charge in [-0.15, -0.1) is 0 Å². The van der Waals surface area contributed by atoms with Crippen molar-refractivity contribution in [3.05, 3.63) is 29.8 Å². The van der Waals surface area contributed by atoms with Crippen LogP contribution in [0.3, 0.4) is 0 Å². The molecule has 0 unspecified atom stereocenters. The quantitative estimate of drug-likeness (QED) is 0.855. The highest BCUT2D eigenvalue weighted by atomic mass is 16.2. The van der Waals surface area contributed by atoms with Crippen LogP contribution >= 0.6 is 0 Å². The molecule has 0 aromatic heterocycles. The van der Waals surface area contributed by atoms with Gasteiger partial charge in [0.2, 0.25) is 0 Å². The van der Waals surface area contributed by atoms with Gasteiger partial charge >= 0.3 is 6.03 Å². The predicted octanol–water partition coefficient (Wildman–Crippen LogP) is 1.74. The molecule has 1 aliphatic heterocycles. The molecule has 0 aliphatic carbocycles. The van der Waals surface area contributed by atoms with Crippen LogP contribution in [-0.4, -0.2) is 49.4 Å². The Labute approximate surface area is 119 Å². The smallest absolute Gasteiger partial charge is 0.317 e. The van der Waals surface area contributed by atoms with Gasteiger partial charge in [0.05, 0.1) is 0 Å². The van der Waals surface area contributed by atoms with Crippen LogP contribution in [0.1, 0.15) is 24.2 Å². The van der Waals surface area contributed by atoms with Crippen molar-refractivity contribution < 1.29 is 9.59 Å². The molecule has 0 bridgehead atoms. The van der Waals surface area contributed by atoms with Gasteiger partial charge in [-0.05, 0) is 38.1 Å². The second kappa shape index (κ2) is 6.41. The number of nitrogens with zero attached hydrogens (tertiary/aromatic N) is 2. The lowest BCUT2D eigenvalue weighted by Crippen LogP contribution is -2.51. The largest absolute Gasteiger partial charge is 0.368 e. The van der Waals surface area contributed by atoms with E-state index in [-0.39, 0.29) is 11.8 Å². The topological polar surface area (TPSA) is 52.7 Å². The zero-order chi connectivity index (χ0) is 14.5. The van der Waals surface area contributed by atoms with Crippen molar-refractivity contribution >= 4 is 17.5 Å². The van der Waals surface area contributed by atoms with Crippen LogP contribution in [-0.2, 0) is 0 Å². The van der Waals surface area contributed by atoms with E-state index >= 15 is 0 Å². The van der Waals surface area contributed by atoms with Crippen LogP contribution in [0.25, 0.3) is 0 Å². The van der Waals surface area contributed by atoms with Crippen LogP contribution in [0.4, 0.5) is 10.5 Å². The first-order valence-electron chi connectivity index (χ1n) is 7.00. The van der Waals surface area contributed by atoms with Crippen molar-refractivity contribution in [3.8, 4) is 0 Å². The molecule has 1 N–H and O–H groups in total. The number of hydrogen-bond acceptors (Lipinski definition) is 3. The lowest BCUT2D eigenvalue weighted by atomic mass is 10.1. The van der Waals surface area contributed by atoms with E-state index < -0.39 is 0 Å². The van der Waals surface area contributed by atoms with Gasteiger partial charge in [0, 0.05) is 44.0 Å². The summed E-state index contributed by atoms with van der Waals surface area (Å²) in [6.07, 6.45) is 0. The van der Waals surface area contributed by atoms with Gasteiger partial charge in [-0.1, -0.05) is 0 Å². The van der Waals surface area contributed by atoms with Crippen molar-refractivity contribution in [2.24, 2.45) is 0 Å². The summed E-state index contributed by atoms with van der Waals surface area (Å²) >= 11 is 0. The van der Waals surface area contributed by atoms with E-state index in [1.807, 2.05) is 36.1 Å². The fourth-order valence-corrected chi connectivity index (χ4v) is 2.34. The molecule has 108 valence electrons. The summed E-state index contributed by atoms with van der Waals surface area (Å²) in [5.41, 5.74) is 1.83. The Balaban J connectivity index is 1.93. The number of anilines is 1. The Bertz CT molecular complexity index is 476. The average Bonchev–Trinajstić information content (AvgIpc) is 2.48. The van der Waals surface area contributed by atoms with Crippen LogP contribution in [0.15, 0.2) is 24.3 Å². The zero-order valence-corrected chi connectivity index (χ0v) is 12.1. The average molecular weight is 275 g/mol. The lowest BCUT2D eigenvalue weighted by molar-refractivity contribution is 0.101. The highest BCUT2D eigenvalue weighted by molar-refractivity contribution is 5.94. The Hall–Kier alpha value is -2.04. The zero-order valence-electron chi connectivity index (χ0n) is 12.1. The maximum atomic E-state index is 11.7. The van der Waals surface area contributed by atoms with Crippen LogP contribution in [0.5, 0.6) is 0 Å². The molecule has 1 saturated heterocycles. The normalized spacial score (nSPS) is 15.1. The molecule has 5 heteroatoms.